The molecule has 1 N–H and O–H groups in total. The average molecular weight is 652 g/mol. The molecule has 1 aliphatic rings. The molecule has 9 heteroatoms. The molecule has 0 fully saturated rings. The smallest absolute Gasteiger partial charge is 0.419 e. The van der Waals surface area contributed by atoms with Gasteiger partial charge >= 0.3 is 6.18 Å². The molecular weight excluding hydrogens is 613 g/mol. The molecule has 3 nitrogen and oxygen atoms in total. The Morgan fingerprint density at radius 1 is 1.16 bits per heavy atom. The highest BCUT2D eigenvalue weighted by atomic mass is 127. The lowest BCUT2D eigenvalue weighted by molar-refractivity contribution is -0.140. The second-order valence-corrected chi connectivity index (χ2v) is 18.6. The predicted molar refractivity (Wildman–Crippen MR) is 150 cm³/mol. The number of pyridine rings is 1. The maximum atomic E-state index is 14.4. The summed E-state index contributed by atoms with van der Waals surface area (Å²) in [7, 11) is -2.17. The minimum absolute atomic E-state index is 0.00834. The second-order valence-electron chi connectivity index (χ2n) is 12.8. The Labute approximate surface area is 232 Å². The van der Waals surface area contributed by atoms with Crippen molar-refractivity contribution >= 4 is 30.9 Å². The number of aromatic nitrogens is 1. The monoisotopic (exact) mass is 651 g/mol. The third-order valence-corrected chi connectivity index (χ3v) is 13.3. The summed E-state index contributed by atoms with van der Waals surface area (Å²) in [6.45, 7) is 19.3. The average Bonchev–Trinajstić information content (AvgIpc) is 2.69. The second kappa shape index (κ2) is 10.2. The molecule has 1 aromatic carbocycles. The molecule has 2 atom stereocenters. The summed E-state index contributed by atoms with van der Waals surface area (Å²) in [6, 6.07) is 2.61. The number of aliphatic hydroxyl groups excluding tert-OH is 1. The quantitative estimate of drug-likeness (QED) is 0.199. The molecule has 0 unspecified atom stereocenters. The van der Waals surface area contributed by atoms with E-state index < -0.39 is 32.0 Å². The van der Waals surface area contributed by atoms with Gasteiger partial charge in [0.2, 0.25) is 0 Å². The number of halogens is 5. The van der Waals surface area contributed by atoms with Crippen LogP contribution in [-0.2, 0) is 17.0 Å². The van der Waals surface area contributed by atoms with Gasteiger partial charge in [0.05, 0.1) is 11.3 Å². The normalized spacial score (nSPS) is 19.2. The summed E-state index contributed by atoms with van der Waals surface area (Å²) in [6.07, 6.45) is -4.83. The number of benzene rings is 1. The highest BCUT2D eigenvalue weighted by molar-refractivity contribution is 14.1. The van der Waals surface area contributed by atoms with Gasteiger partial charge in [-0.2, -0.15) is 13.2 Å². The van der Waals surface area contributed by atoms with Gasteiger partial charge in [-0.3, -0.25) is 4.98 Å². The summed E-state index contributed by atoms with van der Waals surface area (Å²) < 4.78 is 61.5. The molecule has 207 valence electrons. The number of fused-ring (bicyclic) bond motifs is 1. The van der Waals surface area contributed by atoms with E-state index in [1.165, 1.54) is 0 Å². The molecule has 1 aromatic heterocycles. The van der Waals surface area contributed by atoms with E-state index in [-0.39, 0.29) is 28.0 Å². The predicted octanol–water partition coefficient (Wildman–Crippen LogP) is 9.08. The topological polar surface area (TPSA) is 42.4 Å². The third-order valence-electron chi connectivity index (χ3n) is 7.70. The third kappa shape index (κ3) is 6.25. The van der Waals surface area contributed by atoms with Crippen molar-refractivity contribution in [3.05, 3.63) is 61.2 Å². The van der Waals surface area contributed by atoms with Gasteiger partial charge in [0.15, 0.2) is 0 Å². The van der Waals surface area contributed by atoms with E-state index in [2.05, 4.69) is 70.3 Å². The van der Waals surface area contributed by atoms with Crippen molar-refractivity contribution in [3.8, 4) is 0 Å². The lowest BCUT2D eigenvalue weighted by Crippen LogP contribution is -2.44. The Kier molecular flexibility index (Phi) is 8.38. The molecule has 0 aliphatic heterocycles. The molecule has 1 heterocycles. The largest absolute Gasteiger partial charge is 0.559 e. The van der Waals surface area contributed by atoms with Crippen LogP contribution < -0.4 is 0 Å². The summed E-state index contributed by atoms with van der Waals surface area (Å²) in [5, 5.41) is 11.4. The first-order chi connectivity index (χ1) is 16.7. The Hall–Kier alpha value is -1.04. The molecular formula is C28H38F4INO2Si-. The fourth-order valence-corrected chi connectivity index (χ4v) is 7.17. The first kappa shape index (κ1) is 30.5. The molecule has 0 spiro atoms. The van der Waals surface area contributed by atoms with Crippen LogP contribution >= 0.6 is 22.6 Å². The maximum Gasteiger partial charge on any atom is 0.419 e. The van der Waals surface area contributed by atoms with Crippen LogP contribution in [0.4, 0.5) is 17.6 Å². The van der Waals surface area contributed by atoms with E-state index in [1.807, 2.05) is 13.8 Å². The van der Waals surface area contributed by atoms with Gasteiger partial charge in [0, 0.05) is 26.5 Å². The Bertz CT molecular complexity index is 1170. The summed E-state index contributed by atoms with van der Waals surface area (Å²) in [4.78, 5) is 5.03. The molecule has 0 bridgehead atoms. The van der Waals surface area contributed by atoms with Crippen LogP contribution in [0.15, 0.2) is 18.2 Å². The van der Waals surface area contributed by atoms with Gasteiger partial charge in [0.1, 0.15) is 11.9 Å². The number of hydrogen-bond acceptors (Lipinski definition) is 3. The first-order valence-corrected chi connectivity index (χ1v) is 16.6. The maximum absolute atomic E-state index is 14.4. The fraction of sp³-hybridized carbons (Fsp3) is 0.607. The van der Waals surface area contributed by atoms with E-state index in [9.17, 15) is 22.7 Å². The molecule has 3 rings (SSSR count). The van der Waals surface area contributed by atoms with Crippen LogP contribution in [0.1, 0.15) is 107 Å². The zero-order chi connectivity index (χ0) is 28.3. The molecule has 0 amide bonds. The van der Waals surface area contributed by atoms with Crippen molar-refractivity contribution in [3.63, 3.8) is 0 Å². The Balaban J connectivity index is 2.21. The zero-order valence-electron chi connectivity index (χ0n) is 23.1. The van der Waals surface area contributed by atoms with E-state index in [0.717, 1.165) is 39.8 Å². The zero-order valence-corrected chi connectivity index (χ0v) is 26.2. The molecule has 0 saturated heterocycles. The molecule has 37 heavy (non-hydrogen) atoms. The van der Waals surface area contributed by atoms with Crippen molar-refractivity contribution in [2.75, 3.05) is 0 Å². The van der Waals surface area contributed by atoms with Gasteiger partial charge in [-0.05, 0) is 72.8 Å². The van der Waals surface area contributed by atoms with E-state index in [0.29, 0.717) is 17.3 Å². The van der Waals surface area contributed by atoms with Gasteiger partial charge in [-0.15, -0.1) is 18.1 Å². The van der Waals surface area contributed by atoms with Crippen molar-refractivity contribution in [2.24, 2.45) is 5.41 Å². The van der Waals surface area contributed by atoms with E-state index >= 15 is 0 Å². The van der Waals surface area contributed by atoms with Gasteiger partial charge in [-0.25, -0.2) is 4.39 Å². The molecule has 0 saturated carbocycles. The highest BCUT2D eigenvalue weighted by Gasteiger charge is 2.40. The van der Waals surface area contributed by atoms with Crippen LogP contribution in [-0.4, -0.2) is 18.4 Å². The SMILES string of the molecule is CC(C)c1nc2c(c(I)c1[C@H](O)c1ccc(C(F)(F)F)c(F)c1)[C@@H](O[Si-](C)(C)C(C)(C)C)CC(C)(C)C2. The number of hydrogen-bond donors (Lipinski definition) is 1. The number of aliphatic hydroxyl groups is 1. The van der Waals surface area contributed by atoms with Crippen molar-refractivity contribution in [2.45, 2.75) is 104 Å². The number of alkyl halides is 3. The van der Waals surface area contributed by atoms with Gasteiger partial charge in [-0.1, -0.05) is 54.5 Å². The molecule has 1 aliphatic carbocycles. The number of nitrogens with zero attached hydrogens (tertiary/aromatic N) is 1. The molecule has 2 aromatic rings. The van der Waals surface area contributed by atoms with Crippen LogP contribution in [0.25, 0.3) is 0 Å². The van der Waals surface area contributed by atoms with Crippen molar-refractivity contribution < 1.29 is 27.1 Å². The summed E-state index contributed by atoms with van der Waals surface area (Å²) >= 11 is 2.21. The lowest BCUT2D eigenvalue weighted by Gasteiger charge is -2.53. The Morgan fingerprint density at radius 2 is 1.76 bits per heavy atom. The van der Waals surface area contributed by atoms with Crippen LogP contribution in [0.5, 0.6) is 0 Å². The highest BCUT2D eigenvalue weighted by Crippen LogP contribution is 2.50. The molecule has 0 radical (unpaired) electrons. The fourth-order valence-electron chi connectivity index (χ4n) is 4.67. The van der Waals surface area contributed by atoms with Crippen LogP contribution in [0, 0.1) is 14.8 Å². The van der Waals surface area contributed by atoms with Gasteiger partial charge in [0.25, 0.3) is 0 Å². The summed E-state index contributed by atoms with van der Waals surface area (Å²) in [5.74, 6) is -1.47. The van der Waals surface area contributed by atoms with Crippen molar-refractivity contribution in [1.29, 1.82) is 0 Å². The van der Waals surface area contributed by atoms with Crippen LogP contribution in [0.3, 0.4) is 0 Å². The summed E-state index contributed by atoms with van der Waals surface area (Å²) in [5.41, 5.74) is 1.72. The van der Waals surface area contributed by atoms with Crippen molar-refractivity contribution in [1.82, 2.24) is 4.98 Å². The van der Waals surface area contributed by atoms with Crippen LogP contribution in [0.2, 0.25) is 18.1 Å². The van der Waals surface area contributed by atoms with Gasteiger partial charge < -0.3 is 9.53 Å². The first-order valence-electron chi connectivity index (χ1n) is 12.6. The Morgan fingerprint density at radius 3 is 2.24 bits per heavy atom. The minimum Gasteiger partial charge on any atom is -0.559 e. The van der Waals surface area contributed by atoms with E-state index in [1.54, 1.807) is 0 Å². The standard InChI is InChI=1S/C28H38F4INO2Si/c1-15(2)24-22(25(35)16-10-11-17(18(29)12-16)28(30,31)32)23(33)21-19(34-24)13-27(6,7)14-20(21)36-37(8,9)26(3,4)5/h10-12,15,20,25,35H,13-14H2,1-9H3/q-1/t20-,25+/m0/s1. The minimum atomic E-state index is -4.81. The van der Waals surface area contributed by atoms with E-state index in [4.69, 9.17) is 9.41 Å². The lowest BCUT2D eigenvalue weighted by atomic mass is 9.74. The number of rotatable bonds is 5.